The van der Waals surface area contributed by atoms with Gasteiger partial charge in [0.15, 0.2) is 6.04 Å². The summed E-state index contributed by atoms with van der Waals surface area (Å²) < 4.78 is 15.3. The van der Waals surface area contributed by atoms with E-state index in [2.05, 4.69) is 17.3 Å². The zero-order valence-corrected chi connectivity index (χ0v) is 18.6. The molecule has 8 nitrogen and oxygen atoms in total. The van der Waals surface area contributed by atoms with Gasteiger partial charge in [0.05, 0.1) is 7.11 Å². The highest BCUT2D eigenvalue weighted by molar-refractivity contribution is 5.83. The minimum Gasteiger partial charge on any atom is -0.467 e. The second-order valence-corrected chi connectivity index (χ2v) is 8.37. The standard InChI is InChI=1S/C22H30N2O6/c1-21(2,3)29-19(26)23-24(20(27)30-22(4,5)6)17(18(25)28-7)15-11-14-16-12-9-8-10-13-16/h8-10,12-13,17H,15H2,1-7H3,(H,23,26). The Hall–Kier alpha value is -3.21. The summed E-state index contributed by atoms with van der Waals surface area (Å²) in [7, 11) is 1.18. The molecule has 0 heterocycles. The van der Waals surface area contributed by atoms with Gasteiger partial charge in [-0.05, 0) is 53.7 Å². The molecule has 2 amide bonds. The summed E-state index contributed by atoms with van der Waals surface area (Å²) in [4.78, 5) is 37.4. The summed E-state index contributed by atoms with van der Waals surface area (Å²) in [5, 5.41) is 0.755. The van der Waals surface area contributed by atoms with E-state index < -0.39 is 35.4 Å². The predicted octanol–water partition coefficient (Wildman–Crippen LogP) is 3.65. The molecule has 0 saturated heterocycles. The Balaban J connectivity index is 3.17. The van der Waals surface area contributed by atoms with Crippen molar-refractivity contribution >= 4 is 18.2 Å². The number of rotatable bonds is 3. The van der Waals surface area contributed by atoms with E-state index in [4.69, 9.17) is 14.2 Å². The van der Waals surface area contributed by atoms with Gasteiger partial charge < -0.3 is 14.2 Å². The molecule has 1 rings (SSSR count). The minimum atomic E-state index is -1.24. The van der Waals surface area contributed by atoms with Gasteiger partial charge >= 0.3 is 18.2 Å². The lowest BCUT2D eigenvalue weighted by molar-refractivity contribution is -0.147. The molecule has 1 atom stereocenters. The molecule has 0 aliphatic heterocycles. The third kappa shape index (κ3) is 9.32. The zero-order valence-electron chi connectivity index (χ0n) is 18.6. The molecule has 0 bridgehead atoms. The van der Waals surface area contributed by atoms with Crippen LogP contribution >= 0.6 is 0 Å². The Bertz CT molecular complexity index is 797. The smallest absolute Gasteiger partial charge is 0.430 e. The summed E-state index contributed by atoms with van der Waals surface area (Å²) in [6.07, 6.45) is -1.96. The lowest BCUT2D eigenvalue weighted by atomic mass is 10.1. The summed E-state index contributed by atoms with van der Waals surface area (Å²) >= 11 is 0. The van der Waals surface area contributed by atoms with Crippen molar-refractivity contribution in [3.8, 4) is 11.8 Å². The lowest BCUT2D eigenvalue weighted by Crippen LogP contribution is -2.57. The molecule has 1 N–H and O–H groups in total. The molecule has 164 valence electrons. The summed E-state index contributed by atoms with van der Waals surface area (Å²) in [6, 6.07) is 7.90. The van der Waals surface area contributed by atoms with E-state index in [0.717, 1.165) is 10.6 Å². The van der Waals surface area contributed by atoms with Gasteiger partial charge in [-0.3, -0.25) is 0 Å². The van der Waals surface area contributed by atoms with Crippen molar-refractivity contribution in [3.05, 3.63) is 35.9 Å². The molecule has 30 heavy (non-hydrogen) atoms. The van der Waals surface area contributed by atoms with Crippen LogP contribution < -0.4 is 5.43 Å². The first-order valence-corrected chi connectivity index (χ1v) is 9.46. The molecule has 8 heteroatoms. The third-order valence-corrected chi connectivity index (χ3v) is 3.29. The largest absolute Gasteiger partial charge is 0.467 e. The van der Waals surface area contributed by atoms with E-state index in [1.165, 1.54) is 7.11 Å². The molecule has 0 aliphatic rings. The summed E-state index contributed by atoms with van der Waals surface area (Å²) in [6.45, 7) is 10.0. The minimum absolute atomic E-state index is 0.101. The number of ether oxygens (including phenoxy) is 3. The highest BCUT2D eigenvalue weighted by Gasteiger charge is 2.36. The van der Waals surface area contributed by atoms with Gasteiger partial charge in [0.2, 0.25) is 0 Å². The molecule has 0 aromatic heterocycles. The van der Waals surface area contributed by atoms with E-state index in [1.54, 1.807) is 41.5 Å². The number of nitrogens with zero attached hydrogens (tertiary/aromatic N) is 1. The van der Waals surface area contributed by atoms with Crippen molar-refractivity contribution in [1.82, 2.24) is 10.4 Å². The van der Waals surface area contributed by atoms with Crippen molar-refractivity contribution in [3.63, 3.8) is 0 Å². The Kier molecular flexibility index (Phi) is 8.72. The van der Waals surface area contributed by atoms with Crippen LogP contribution in [0.5, 0.6) is 0 Å². The second kappa shape index (κ2) is 10.5. The number of amides is 2. The molecule has 0 radical (unpaired) electrons. The van der Waals surface area contributed by atoms with Crippen LogP contribution in [0.1, 0.15) is 53.5 Å². The third-order valence-electron chi connectivity index (χ3n) is 3.29. The van der Waals surface area contributed by atoms with Gasteiger partial charge in [0, 0.05) is 12.0 Å². The van der Waals surface area contributed by atoms with Crippen molar-refractivity contribution in [2.75, 3.05) is 7.11 Å². The maximum Gasteiger partial charge on any atom is 0.430 e. The second-order valence-electron chi connectivity index (χ2n) is 8.37. The van der Waals surface area contributed by atoms with Gasteiger partial charge in [-0.15, -0.1) is 0 Å². The summed E-state index contributed by atoms with van der Waals surface area (Å²) in [5.41, 5.74) is 1.36. The fourth-order valence-electron chi connectivity index (χ4n) is 2.15. The van der Waals surface area contributed by atoms with Gasteiger partial charge in [-0.1, -0.05) is 30.0 Å². The van der Waals surface area contributed by atoms with Crippen molar-refractivity contribution in [2.45, 2.75) is 65.2 Å². The van der Waals surface area contributed by atoms with Gasteiger partial charge in [0.25, 0.3) is 0 Å². The number of methoxy groups -OCH3 is 1. The molecule has 1 aromatic carbocycles. The Labute approximate surface area is 177 Å². The number of carbonyl (C=O) groups excluding carboxylic acids is 3. The normalized spacial score (nSPS) is 12.0. The zero-order chi connectivity index (χ0) is 22.9. The van der Waals surface area contributed by atoms with Crippen LogP contribution in [-0.2, 0) is 19.0 Å². The quantitative estimate of drug-likeness (QED) is 0.349. The van der Waals surface area contributed by atoms with E-state index in [0.29, 0.717) is 0 Å². The van der Waals surface area contributed by atoms with Crippen molar-refractivity contribution in [1.29, 1.82) is 0 Å². The maximum absolute atomic E-state index is 12.7. The number of hydrazine groups is 1. The first-order chi connectivity index (χ1) is 13.8. The highest BCUT2D eigenvalue weighted by atomic mass is 16.6. The van der Waals surface area contributed by atoms with Crippen LogP contribution in [0.15, 0.2) is 30.3 Å². The van der Waals surface area contributed by atoms with Crippen molar-refractivity contribution in [2.24, 2.45) is 0 Å². The van der Waals surface area contributed by atoms with Crippen LogP contribution in [0.2, 0.25) is 0 Å². The Morgan fingerprint density at radius 2 is 1.57 bits per heavy atom. The van der Waals surface area contributed by atoms with E-state index in [9.17, 15) is 14.4 Å². The number of hydrogen-bond donors (Lipinski definition) is 1. The Morgan fingerprint density at radius 3 is 2.07 bits per heavy atom. The molecule has 1 unspecified atom stereocenters. The van der Waals surface area contributed by atoms with Gasteiger partial charge in [0.1, 0.15) is 11.2 Å². The molecule has 0 fully saturated rings. The van der Waals surface area contributed by atoms with Gasteiger partial charge in [-0.25, -0.2) is 24.8 Å². The first kappa shape index (κ1) is 24.8. The predicted molar refractivity (Wildman–Crippen MR) is 111 cm³/mol. The number of nitrogens with one attached hydrogen (secondary N) is 1. The van der Waals surface area contributed by atoms with Gasteiger partial charge in [-0.2, -0.15) is 0 Å². The van der Waals surface area contributed by atoms with Crippen LogP contribution in [0.25, 0.3) is 0 Å². The van der Waals surface area contributed by atoms with Crippen LogP contribution in [0.4, 0.5) is 9.59 Å². The first-order valence-electron chi connectivity index (χ1n) is 9.46. The van der Waals surface area contributed by atoms with E-state index >= 15 is 0 Å². The topological polar surface area (TPSA) is 94.2 Å². The maximum atomic E-state index is 12.7. The molecule has 0 spiro atoms. The molecular weight excluding hydrogens is 388 g/mol. The number of hydrogen-bond acceptors (Lipinski definition) is 6. The molecular formula is C22H30N2O6. The fourth-order valence-corrected chi connectivity index (χ4v) is 2.15. The average Bonchev–Trinajstić information content (AvgIpc) is 2.61. The average molecular weight is 418 g/mol. The SMILES string of the molecule is COC(=O)C(CC#Cc1ccccc1)N(NC(=O)OC(C)(C)C)C(=O)OC(C)(C)C. The lowest BCUT2D eigenvalue weighted by Gasteiger charge is -2.32. The molecule has 1 aromatic rings. The van der Waals surface area contributed by atoms with E-state index in [1.807, 2.05) is 30.3 Å². The van der Waals surface area contributed by atoms with Crippen LogP contribution in [0, 0.1) is 11.8 Å². The molecule has 0 aliphatic carbocycles. The highest BCUT2D eigenvalue weighted by Crippen LogP contribution is 2.14. The molecule has 0 saturated carbocycles. The van der Waals surface area contributed by atoms with Crippen LogP contribution in [0.3, 0.4) is 0 Å². The van der Waals surface area contributed by atoms with E-state index in [-0.39, 0.29) is 6.42 Å². The number of benzene rings is 1. The summed E-state index contributed by atoms with van der Waals surface area (Å²) in [5.74, 6) is 4.99. The monoisotopic (exact) mass is 418 g/mol. The number of esters is 1. The Morgan fingerprint density at radius 1 is 1.00 bits per heavy atom. The number of carbonyl (C=O) groups is 3. The van der Waals surface area contributed by atoms with Crippen LogP contribution in [-0.4, -0.2) is 47.5 Å². The van der Waals surface area contributed by atoms with Crippen molar-refractivity contribution < 1.29 is 28.6 Å². The fraction of sp³-hybridized carbons (Fsp3) is 0.500.